The molecule has 2 rings (SSSR count). The number of hydrogen-bond donors (Lipinski definition) is 3. The molecule has 2 heterocycles. The number of H-pyrrole nitrogens is 1. The minimum absolute atomic E-state index is 0.0598. The van der Waals surface area contributed by atoms with Crippen molar-refractivity contribution in [1.29, 1.82) is 0 Å². The Morgan fingerprint density at radius 1 is 1.62 bits per heavy atom. The molecule has 1 aliphatic heterocycles. The number of nitrogens with zero attached hydrogens (tertiary/aromatic N) is 2. The van der Waals surface area contributed by atoms with Crippen LogP contribution in [0.1, 0.15) is 18.7 Å². The van der Waals surface area contributed by atoms with E-state index in [0.717, 1.165) is 5.82 Å². The molecule has 0 spiro atoms. The lowest BCUT2D eigenvalue weighted by atomic mass is 10.2. The monoisotopic (exact) mass is 223 g/mol. The van der Waals surface area contributed by atoms with Crippen LogP contribution in [0.3, 0.4) is 0 Å². The second kappa shape index (κ2) is 4.73. The van der Waals surface area contributed by atoms with Gasteiger partial charge in [-0.05, 0) is 6.42 Å². The summed E-state index contributed by atoms with van der Waals surface area (Å²) < 4.78 is 0. The average Bonchev–Trinajstić information content (AvgIpc) is 2.89. The molecule has 7 heteroatoms. The molecule has 0 aliphatic carbocycles. The molecule has 86 valence electrons. The van der Waals surface area contributed by atoms with Crippen LogP contribution < -0.4 is 10.6 Å². The largest absolute Gasteiger partial charge is 0.354 e. The molecule has 0 unspecified atom stereocenters. The molecule has 0 radical (unpaired) electrons. The van der Waals surface area contributed by atoms with Gasteiger partial charge in [0.15, 0.2) is 0 Å². The highest BCUT2D eigenvalue weighted by Crippen LogP contribution is 2.05. The molecule has 1 aliphatic rings. The number of aromatic amines is 1. The van der Waals surface area contributed by atoms with Crippen LogP contribution in [0.15, 0.2) is 6.33 Å². The quantitative estimate of drug-likeness (QED) is 0.593. The van der Waals surface area contributed by atoms with E-state index < -0.39 is 0 Å². The Labute approximate surface area is 92.0 Å². The van der Waals surface area contributed by atoms with Gasteiger partial charge in [0.25, 0.3) is 0 Å². The van der Waals surface area contributed by atoms with Crippen LogP contribution in [0.4, 0.5) is 0 Å². The van der Waals surface area contributed by atoms with E-state index in [1.165, 1.54) is 6.33 Å². The Hall–Kier alpha value is -1.92. The zero-order chi connectivity index (χ0) is 11.4. The topological polar surface area (TPSA) is 99.8 Å². The maximum Gasteiger partial charge on any atom is 0.242 e. The zero-order valence-electron chi connectivity index (χ0n) is 8.69. The van der Waals surface area contributed by atoms with Crippen molar-refractivity contribution >= 4 is 11.8 Å². The Kier molecular flexibility index (Phi) is 3.13. The standard InChI is InChI=1S/C9H13N5O2/c15-8-2-1-6(13-8)9(16)10-4-3-7-11-5-12-14-7/h5-6H,1-4H2,(H,10,16)(H,13,15)(H,11,12,14)/t6-/m1/s1. The van der Waals surface area contributed by atoms with Gasteiger partial charge in [-0.2, -0.15) is 5.10 Å². The zero-order valence-corrected chi connectivity index (χ0v) is 8.69. The van der Waals surface area contributed by atoms with Crippen LogP contribution in [-0.2, 0) is 16.0 Å². The Morgan fingerprint density at radius 2 is 2.50 bits per heavy atom. The lowest BCUT2D eigenvalue weighted by Gasteiger charge is -2.09. The molecule has 1 fully saturated rings. The molecule has 0 saturated carbocycles. The highest BCUT2D eigenvalue weighted by atomic mass is 16.2. The van der Waals surface area contributed by atoms with E-state index in [0.29, 0.717) is 25.8 Å². The molecular weight excluding hydrogens is 210 g/mol. The summed E-state index contributed by atoms with van der Waals surface area (Å²) in [5.74, 6) is 0.538. The molecule has 1 atom stereocenters. The summed E-state index contributed by atoms with van der Waals surface area (Å²) in [7, 11) is 0. The molecule has 0 bridgehead atoms. The van der Waals surface area contributed by atoms with Gasteiger partial charge in [-0.1, -0.05) is 0 Å². The summed E-state index contributed by atoms with van der Waals surface area (Å²) in [5, 5.41) is 11.8. The first-order valence-corrected chi connectivity index (χ1v) is 5.17. The highest BCUT2D eigenvalue weighted by molar-refractivity contribution is 5.90. The first kappa shape index (κ1) is 10.6. The Balaban J connectivity index is 1.70. The van der Waals surface area contributed by atoms with E-state index in [-0.39, 0.29) is 17.9 Å². The van der Waals surface area contributed by atoms with E-state index in [4.69, 9.17) is 0 Å². The molecule has 1 saturated heterocycles. The predicted molar refractivity (Wildman–Crippen MR) is 54.3 cm³/mol. The fraction of sp³-hybridized carbons (Fsp3) is 0.556. The number of hydrogen-bond acceptors (Lipinski definition) is 4. The lowest BCUT2D eigenvalue weighted by Crippen LogP contribution is -2.42. The van der Waals surface area contributed by atoms with Gasteiger partial charge in [-0.25, -0.2) is 4.98 Å². The van der Waals surface area contributed by atoms with Crippen LogP contribution >= 0.6 is 0 Å². The van der Waals surface area contributed by atoms with Gasteiger partial charge in [0.05, 0.1) is 0 Å². The van der Waals surface area contributed by atoms with Crippen molar-refractivity contribution in [2.24, 2.45) is 0 Å². The third-order valence-electron chi connectivity index (χ3n) is 2.44. The SMILES string of the molecule is O=C1CC[C@H](C(=O)NCCc2ncn[nH]2)N1. The first-order chi connectivity index (χ1) is 7.75. The van der Waals surface area contributed by atoms with E-state index >= 15 is 0 Å². The predicted octanol–water partition coefficient (Wildman–Crippen LogP) is -1.26. The number of aromatic nitrogens is 3. The number of amides is 2. The summed E-state index contributed by atoms with van der Waals surface area (Å²) in [6.07, 6.45) is 3.04. The van der Waals surface area contributed by atoms with E-state index in [1.807, 2.05) is 0 Å². The third-order valence-corrected chi connectivity index (χ3v) is 2.44. The summed E-state index contributed by atoms with van der Waals surface area (Å²) in [5.41, 5.74) is 0. The van der Waals surface area contributed by atoms with Crippen molar-refractivity contribution in [2.75, 3.05) is 6.54 Å². The van der Waals surface area contributed by atoms with Crippen LogP contribution in [-0.4, -0.2) is 39.6 Å². The third kappa shape index (κ3) is 2.56. The number of carbonyl (C=O) groups excluding carboxylic acids is 2. The van der Waals surface area contributed by atoms with Crippen molar-refractivity contribution in [2.45, 2.75) is 25.3 Å². The van der Waals surface area contributed by atoms with Crippen LogP contribution in [0.25, 0.3) is 0 Å². The van der Waals surface area contributed by atoms with Crippen molar-refractivity contribution in [1.82, 2.24) is 25.8 Å². The number of nitrogens with one attached hydrogen (secondary N) is 3. The van der Waals surface area contributed by atoms with E-state index in [2.05, 4.69) is 25.8 Å². The smallest absolute Gasteiger partial charge is 0.242 e. The molecule has 3 N–H and O–H groups in total. The van der Waals surface area contributed by atoms with Gasteiger partial charge in [0.2, 0.25) is 11.8 Å². The molecule has 2 amide bonds. The van der Waals surface area contributed by atoms with Gasteiger partial charge in [0, 0.05) is 19.4 Å². The minimum Gasteiger partial charge on any atom is -0.354 e. The van der Waals surface area contributed by atoms with Crippen molar-refractivity contribution < 1.29 is 9.59 Å². The highest BCUT2D eigenvalue weighted by Gasteiger charge is 2.26. The van der Waals surface area contributed by atoms with Crippen molar-refractivity contribution in [3.05, 3.63) is 12.2 Å². The van der Waals surface area contributed by atoms with Gasteiger partial charge < -0.3 is 10.6 Å². The second-order valence-corrected chi connectivity index (χ2v) is 3.63. The van der Waals surface area contributed by atoms with Gasteiger partial charge in [-0.3, -0.25) is 14.7 Å². The molecule has 1 aromatic rings. The van der Waals surface area contributed by atoms with E-state index in [9.17, 15) is 9.59 Å². The van der Waals surface area contributed by atoms with Gasteiger partial charge in [0.1, 0.15) is 18.2 Å². The molecule has 16 heavy (non-hydrogen) atoms. The van der Waals surface area contributed by atoms with E-state index in [1.54, 1.807) is 0 Å². The summed E-state index contributed by atoms with van der Waals surface area (Å²) in [4.78, 5) is 26.4. The van der Waals surface area contributed by atoms with Crippen molar-refractivity contribution in [3.8, 4) is 0 Å². The average molecular weight is 223 g/mol. The molecule has 1 aromatic heterocycles. The molecule has 0 aromatic carbocycles. The summed E-state index contributed by atoms with van der Waals surface area (Å²) >= 11 is 0. The van der Waals surface area contributed by atoms with Gasteiger partial charge >= 0.3 is 0 Å². The minimum atomic E-state index is -0.373. The second-order valence-electron chi connectivity index (χ2n) is 3.63. The normalized spacial score (nSPS) is 19.5. The summed E-state index contributed by atoms with van der Waals surface area (Å²) in [6.45, 7) is 0.487. The number of rotatable bonds is 4. The number of carbonyl (C=O) groups is 2. The maximum atomic E-state index is 11.5. The van der Waals surface area contributed by atoms with Gasteiger partial charge in [-0.15, -0.1) is 0 Å². The Morgan fingerprint density at radius 3 is 3.12 bits per heavy atom. The van der Waals surface area contributed by atoms with Crippen LogP contribution in [0.2, 0.25) is 0 Å². The van der Waals surface area contributed by atoms with Crippen LogP contribution in [0, 0.1) is 0 Å². The molecule has 7 nitrogen and oxygen atoms in total. The lowest BCUT2D eigenvalue weighted by molar-refractivity contribution is -0.125. The fourth-order valence-corrected chi connectivity index (χ4v) is 1.59. The maximum absolute atomic E-state index is 11.5. The molecular formula is C9H13N5O2. The summed E-state index contributed by atoms with van der Waals surface area (Å²) in [6, 6.07) is -0.373. The van der Waals surface area contributed by atoms with Crippen LogP contribution in [0.5, 0.6) is 0 Å². The Bertz CT molecular complexity index is 375. The van der Waals surface area contributed by atoms with Crippen molar-refractivity contribution in [3.63, 3.8) is 0 Å². The fourth-order valence-electron chi connectivity index (χ4n) is 1.59. The first-order valence-electron chi connectivity index (χ1n) is 5.17.